The maximum atomic E-state index is 11.5. The number of carbonyl (C=O) groups excluding carboxylic acids is 1. The Morgan fingerprint density at radius 1 is 1.14 bits per heavy atom. The van der Waals surface area contributed by atoms with Crippen LogP contribution in [-0.2, 0) is 28.8 Å². The fourth-order valence-electron chi connectivity index (χ4n) is 4.37. The van der Waals surface area contributed by atoms with E-state index in [9.17, 15) is 9.90 Å². The van der Waals surface area contributed by atoms with E-state index in [0.29, 0.717) is 6.42 Å². The number of aliphatic hydroxyl groups is 1. The van der Waals surface area contributed by atoms with Crippen LogP contribution in [-0.4, -0.2) is 28.3 Å². The van der Waals surface area contributed by atoms with Crippen molar-refractivity contribution in [1.82, 2.24) is 4.98 Å². The minimum absolute atomic E-state index is 0.119. The molecule has 0 amide bonds. The quantitative estimate of drug-likeness (QED) is 0.690. The molecule has 1 fully saturated rings. The van der Waals surface area contributed by atoms with Crippen molar-refractivity contribution >= 4 is 5.97 Å². The van der Waals surface area contributed by atoms with E-state index in [2.05, 4.69) is 38.1 Å². The van der Waals surface area contributed by atoms with Gasteiger partial charge in [0.1, 0.15) is 6.10 Å². The second-order valence-electron chi connectivity index (χ2n) is 7.59. The number of benzene rings is 1. The number of hydrogen-bond donors (Lipinski definition) is 1. The summed E-state index contributed by atoms with van der Waals surface area (Å²) in [6.45, 7) is 8.27. The van der Waals surface area contributed by atoms with Gasteiger partial charge >= 0.3 is 5.97 Å². The first-order valence-electron chi connectivity index (χ1n) is 10.4. The summed E-state index contributed by atoms with van der Waals surface area (Å²) in [7, 11) is 0. The first-order valence-corrected chi connectivity index (χ1v) is 10.4. The highest BCUT2D eigenvalue weighted by molar-refractivity contribution is 5.71. The number of esters is 1. The number of carbonyl (C=O) groups is 1. The van der Waals surface area contributed by atoms with Crippen LogP contribution in [0.4, 0.5) is 0 Å². The van der Waals surface area contributed by atoms with Crippen molar-refractivity contribution in [3.8, 4) is 0 Å². The third-order valence-electron chi connectivity index (χ3n) is 5.79. The fourth-order valence-corrected chi connectivity index (χ4v) is 4.37. The predicted octanol–water partition coefficient (Wildman–Crippen LogP) is 4.22. The van der Waals surface area contributed by atoms with Crippen molar-refractivity contribution in [1.29, 1.82) is 0 Å². The zero-order valence-corrected chi connectivity index (χ0v) is 17.4. The van der Waals surface area contributed by atoms with Crippen LogP contribution in [0, 0.1) is 13.8 Å². The average Bonchev–Trinajstić information content (AvgIpc) is 2.67. The minimum atomic E-state index is -0.568. The van der Waals surface area contributed by atoms with Gasteiger partial charge in [0.15, 0.2) is 0 Å². The summed E-state index contributed by atoms with van der Waals surface area (Å²) < 4.78 is 5.40. The molecule has 1 aliphatic carbocycles. The van der Waals surface area contributed by atoms with Crippen molar-refractivity contribution < 1.29 is 14.6 Å². The number of rotatable bonds is 3. The SMILES string of the molecule is CC.Cc1nc2c(c(C)c1CC[C@@H]1C[C@@H](O)CC(=O)O1)Cc1ccccc1C2. The number of aliphatic hydroxyl groups excluding tert-OH is 1. The number of hydrogen-bond acceptors (Lipinski definition) is 4. The Kier molecular flexibility index (Phi) is 6.50. The number of aryl methyl sites for hydroxylation is 1. The van der Waals surface area contributed by atoms with E-state index in [1.165, 1.54) is 33.5 Å². The Balaban J connectivity index is 0.00000109. The molecule has 1 saturated heterocycles. The lowest BCUT2D eigenvalue weighted by Crippen LogP contribution is -2.32. The summed E-state index contributed by atoms with van der Waals surface area (Å²) in [4.78, 5) is 16.5. The molecule has 0 saturated carbocycles. The second-order valence-corrected chi connectivity index (χ2v) is 7.59. The van der Waals surface area contributed by atoms with E-state index < -0.39 is 6.10 Å². The predicted molar refractivity (Wildman–Crippen MR) is 111 cm³/mol. The molecule has 150 valence electrons. The molecule has 2 atom stereocenters. The number of ether oxygens (including phenoxy) is 1. The molecule has 4 rings (SSSR count). The van der Waals surface area contributed by atoms with Crippen LogP contribution in [0.25, 0.3) is 0 Å². The smallest absolute Gasteiger partial charge is 0.308 e. The van der Waals surface area contributed by atoms with Gasteiger partial charge in [-0.3, -0.25) is 9.78 Å². The monoisotopic (exact) mass is 381 g/mol. The summed E-state index contributed by atoms with van der Waals surface area (Å²) in [5, 5.41) is 9.79. The molecule has 4 heteroatoms. The maximum absolute atomic E-state index is 11.5. The average molecular weight is 382 g/mol. The highest BCUT2D eigenvalue weighted by atomic mass is 16.5. The Morgan fingerprint density at radius 2 is 1.82 bits per heavy atom. The summed E-state index contributed by atoms with van der Waals surface area (Å²) in [6.07, 6.45) is 3.30. The third kappa shape index (κ3) is 4.27. The first kappa shape index (κ1) is 20.5. The van der Waals surface area contributed by atoms with Crippen molar-refractivity contribution in [2.45, 2.75) is 78.4 Å². The Hall–Kier alpha value is -2.20. The van der Waals surface area contributed by atoms with Gasteiger partial charge in [-0.25, -0.2) is 0 Å². The number of fused-ring (bicyclic) bond motifs is 2. The minimum Gasteiger partial charge on any atom is -0.462 e. The van der Waals surface area contributed by atoms with Gasteiger partial charge < -0.3 is 9.84 Å². The molecule has 1 aromatic carbocycles. The van der Waals surface area contributed by atoms with Gasteiger partial charge in [0.25, 0.3) is 0 Å². The molecule has 0 radical (unpaired) electrons. The molecule has 1 N–H and O–H groups in total. The Labute approximate surface area is 168 Å². The Morgan fingerprint density at radius 3 is 2.50 bits per heavy atom. The van der Waals surface area contributed by atoms with Gasteiger partial charge in [-0.05, 0) is 60.9 Å². The lowest BCUT2D eigenvalue weighted by Gasteiger charge is -2.27. The van der Waals surface area contributed by atoms with E-state index in [1.54, 1.807) is 0 Å². The molecule has 1 aromatic heterocycles. The van der Waals surface area contributed by atoms with Crippen molar-refractivity contribution in [2.75, 3.05) is 0 Å². The first-order chi connectivity index (χ1) is 13.5. The molecule has 1 aliphatic heterocycles. The van der Waals surface area contributed by atoms with E-state index >= 15 is 0 Å². The number of pyridine rings is 1. The van der Waals surface area contributed by atoms with Crippen LogP contribution in [0.1, 0.15) is 72.3 Å². The van der Waals surface area contributed by atoms with Crippen LogP contribution in [0.5, 0.6) is 0 Å². The van der Waals surface area contributed by atoms with Gasteiger partial charge in [-0.2, -0.15) is 0 Å². The molecule has 2 heterocycles. The highest BCUT2D eigenvalue weighted by Crippen LogP contribution is 2.31. The molecule has 28 heavy (non-hydrogen) atoms. The van der Waals surface area contributed by atoms with Gasteiger partial charge in [0.2, 0.25) is 0 Å². The van der Waals surface area contributed by atoms with Crippen LogP contribution in [0.2, 0.25) is 0 Å². The van der Waals surface area contributed by atoms with Gasteiger partial charge in [0, 0.05) is 24.2 Å². The molecule has 0 unspecified atom stereocenters. The van der Waals surface area contributed by atoms with E-state index in [1.807, 2.05) is 13.8 Å². The molecular weight excluding hydrogens is 350 g/mol. The van der Waals surface area contributed by atoms with Crippen LogP contribution in [0.3, 0.4) is 0 Å². The van der Waals surface area contributed by atoms with Gasteiger partial charge in [-0.15, -0.1) is 0 Å². The van der Waals surface area contributed by atoms with E-state index in [4.69, 9.17) is 9.72 Å². The Bertz CT molecular complexity index is 859. The lowest BCUT2D eigenvalue weighted by molar-refractivity contribution is -0.160. The lowest BCUT2D eigenvalue weighted by atomic mass is 9.84. The summed E-state index contributed by atoms with van der Waals surface area (Å²) >= 11 is 0. The summed E-state index contributed by atoms with van der Waals surface area (Å²) in [5.41, 5.74) is 8.98. The molecule has 2 aliphatic rings. The second kappa shape index (κ2) is 8.87. The van der Waals surface area contributed by atoms with Gasteiger partial charge in [-0.1, -0.05) is 38.1 Å². The van der Waals surface area contributed by atoms with Crippen LogP contribution in [0.15, 0.2) is 24.3 Å². The third-order valence-corrected chi connectivity index (χ3v) is 5.79. The van der Waals surface area contributed by atoms with E-state index in [-0.39, 0.29) is 18.5 Å². The summed E-state index contributed by atoms with van der Waals surface area (Å²) in [6, 6.07) is 8.60. The zero-order chi connectivity index (χ0) is 20.3. The van der Waals surface area contributed by atoms with Crippen LogP contribution >= 0.6 is 0 Å². The van der Waals surface area contributed by atoms with Crippen molar-refractivity contribution in [2.24, 2.45) is 0 Å². The largest absolute Gasteiger partial charge is 0.462 e. The standard InChI is InChI=1S/C22H25NO3.C2H6/c1-13-19(8-7-18-11-17(24)12-22(25)26-18)14(2)23-21-10-16-6-4-3-5-15(16)9-20(13)21;1-2/h3-6,17-18,24H,7-12H2,1-2H3;1-2H3/t17-,18-;/m1./s1. The number of cyclic esters (lactones) is 1. The molecule has 2 aromatic rings. The van der Waals surface area contributed by atoms with Crippen molar-refractivity contribution in [3.63, 3.8) is 0 Å². The van der Waals surface area contributed by atoms with Crippen LogP contribution < -0.4 is 0 Å². The normalized spacial score (nSPS) is 20.4. The fraction of sp³-hybridized carbons (Fsp3) is 0.500. The molecule has 0 spiro atoms. The summed E-state index contributed by atoms with van der Waals surface area (Å²) in [5.74, 6) is -0.289. The zero-order valence-electron chi connectivity index (χ0n) is 17.4. The van der Waals surface area contributed by atoms with Crippen molar-refractivity contribution in [3.05, 3.63) is 63.5 Å². The van der Waals surface area contributed by atoms with E-state index in [0.717, 1.165) is 31.4 Å². The van der Waals surface area contributed by atoms with Gasteiger partial charge in [0.05, 0.1) is 12.5 Å². The maximum Gasteiger partial charge on any atom is 0.308 e. The number of aromatic nitrogens is 1. The molecule has 4 nitrogen and oxygen atoms in total. The number of nitrogens with zero attached hydrogens (tertiary/aromatic N) is 1. The highest BCUT2D eigenvalue weighted by Gasteiger charge is 2.28. The topological polar surface area (TPSA) is 59.4 Å². The molecular formula is C24H31NO3. The molecule has 0 bridgehead atoms.